The van der Waals surface area contributed by atoms with Gasteiger partial charge in [-0.05, 0) is 17.9 Å². The number of ether oxygens (including phenoxy) is 1. The molecule has 3 nitrogen and oxygen atoms in total. The first kappa shape index (κ1) is 13.3. The number of morpholine rings is 1. The van der Waals surface area contributed by atoms with E-state index in [1.165, 1.54) is 11.3 Å². The van der Waals surface area contributed by atoms with Gasteiger partial charge in [0, 0.05) is 11.9 Å². The second-order valence-electron chi connectivity index (χ2n) is 3.94. The molecule has 0 radical (unpaired) electrons. The zero-order valence-electron chi connectivity index (χ0n) is 9.41. The first-order valence-electron chi connectivity index (χ1n) is 5.33. The van der Waals surface area contributed by atoms with Gasteiger partial charge in [0.1, 0.15) is 4.88 Å². The summed E-state index contributed by atoms with van der Waals surface area (Å²) in [7, 11) is 0. The Morgan fingerprint density at radius 2 is 2.53 bits per heavy atom. The van der Waals surface area contributed by atoms with Gasteiger partial charge in [-0.1, -0.05) is 27.5 Å². The molecular weight excluding hydrogens is 326 g/mol. The zero-order valence-corrected chi connectivity index (χ0v) is 12.6. The summed E-state index contributed by atoms with van der Waals surface area (Å²) >= 11 is 11.0. The molecule has 1 aliphatic heterocycles. The van der Waals surface area contributed by atoms with E-state index < -0.39 is 0 Å². The summed E-state index contributed by atoms with van der Waals surface area (Å²) in [5.74, 6) is 0.0147. The minimum Gasteiger partial charge on any atom is -0.377 e. The lowest BCUT2D eigenvalue weighted by Crippen LogP contribution is -2.49. The van der Waals surface area contributed by atoms with Gasteiger partial charge in [-0.3, -0.25) is 4.79 Å². The Morgan fingerprint density at radius 3 is 3.12 bits per heavy atom. The van der Waals surface area contributed by atoms with Gasteiger partial charge in [0.05, 0.1) is 24.3 Å². The number of nitrogens with zero attached hydrogens (tertiary/aromatic N) is 1. The van der Waals surface area contributed by atoms with Crippen molar-refractivity contribution in [2.45, 2.75) is 13.0 Å². The standard InChI is InChI=1S/C11H13BrClNO2S/c1-7-6-17-10(9(7)13)11(15)14-2-3-16-5-8(14)4-12/h6,8H,2-5H2,1H3. The van der Waals surface area contributed by atoms with Crippen LogP contribution in [0.5, 0.6) is 0 Å². The van der Waals surface area contributed by atoms with Gasteiger partial charge in [0.15, 0.2) is 0 Å². The number of carbonyl (C=O) groups is 1. The fraction of sp³-hybridized carbons (Fsp3) is 0.545. The summed E-state index contributed by atoms with van der Waals surface area (Å²) in [6.45, 7) is 3.72. The predicted octanol–water partition coefficient (Wildman–Crippen LogP) is 2.95. The predicted molar refractivity (Wildman–Crippen MR) is 73.5 cm³/mol. The number of thiophene rings is 1. The molecule has 6 heteroatoms. The fourth-order valence-electron chi connectivity index (χ4n) is 1.75. The highest BCUT2D eigenvalue weighted by molar-refractivity contribution is 9.09. The van der Waals surface area contributed by atoms with Gasteiger partial charge in [0.25, 0.3) is 5.91 Å². The molecule has 0 spiro atoms. The van der Waals surface area contributed by atoms with E-state index in [9.17, 15) is 4.79 Å². The highest BCUT2D eigenvalue weighted by Gasteiger charge is 2.29. The molecule has 2 heterocycles. The van der Waals surface area contributed by atoms with Crippen molar-refractivity contribution in [3.8, 4) is 0 Å². The smallest absolute Gasteiger partial charge is 0.265 e. The fourth-order valence-corrected chi connectivity index (χ4v) is 3.52. The molecule has 2 rings (SSSR count). The molecule has 0 saturated carbocycles. The topological polar surface area (TPSA) is 29.5 Å². The number of aryl methyl sites for hydroxylation is 1. The monoisotopic (exact) mass is 337 g/mol. The van der Waals surface area contributed by atoms with Crippen molar-refractivity contribution in [3.63, 3.8) is 0 Å². The van der Waals surface area contributed by atoms with Crippen LogP contribution < -0.4 is 0 Å². The van der Waals surface area contributed by atoms with Crippen LogP contribution in [0.2, 0.25) is 5.02 Å². The van der Waals surface area contributed by atoms with Crippen LogP contribution in [-0.2, 0) is 4.74 Å². The normalized spacial score (nSPS) is 20.6. The second-order valence-corrected chi connectivity index (χ2v) is 5.85. The van der Waals surface area contributed by atoms with Crippen molar-refractivity contribution in [2.24, 2.45) is 0 Å². The average molecular weight is 339 g/mol. The molecule has 1 atom stereocenters. The van der Waals surface area contributed by atoms with Crippen LogP contribution >= 0.6 is 38.9 Å². The molecule has 1 unspecified atom stereocenters. The summed E-state index contributed by atoms with van der Waals surface area (Å²) in [5.41, 5.74) is 0.962. The maximum Gasteiger partial charge on any atom is 0.265 e. The second kappa shape index (κ2) is 5.69. The third-order valence-corrected chi connectivity index (χ3v) is 5.19. The van der Waals surface area contributed by atoms with E-state index in [4.69, 9.17) is 16.3 Å². The minimum absolute atomic E-state index is 0.0147. The van der Waals surface area contributed by atoms with E-state index in [1.807, 2.05) is 17.2 Å². The molecule has 94 valence electrons. The maximum absolute atomic E-state index is 12.4. The number of amides is 1. The minimum atomic E-state index is 0.0147. The van der Waals surface area contributed by atoms with Gasteiger partial charge in [-0.2, -0.15) is 0 Å². The van der Waals surface area contributed by atoms with Crippen molar-refractivity contribution in [2.75, 3.05) is 25.1 Å². The summed E-state index contributed by atoms with van der Waals surface area (Å²) in [5, 5.41) is 3.22. The Balaban J connectivity index is 2.21. The average Bonchev–Trinajstić information content (AvgIpc) is 2.69. The first-order valence-corrected chi connectivity index (χ1v) is 7.71. The van der Waals surface area contributed by atoms with E-state index in [-0.39, 0.29) is 11.9 Å². The van der Waals surface area contributed by atoms with Crippen molar-refractivity contribution >= 4 is 44.8 Å². The SMILES string of the molecule is Cc1csc(C(=O)N2CCOCC2CBr)c1Cl. The molecular formula is C11H13BrClNO2S. The summed E-state index contributed by atoms with van der Waals surface area (Å²) < 4.78 is 5.37. The van der Waals surface area contributed by atoms with E-state index in [2.05, 4.69) is 15.9 Å². The number of rotatable bonds is 2. The quantitative estimate of drug-likeness (QED) is 0.776. The molecule has 1 aromatic heterocycles. The van der Waals surface area contributed by atoms with Gasteiger partial charge in [-0.25, -0.2) is 0 Å². The van der Waals surface area contributed by atoms with E-state index >= 15 is 0 Å². The highest BCUT2D eigenvalue weighted by Crippen LogP contribution is 2.29. The Morgan fingerprint density at radius 1 is 1.76 bits per heavy atom. The van der Waals surface area contributed by atoms with Crippen LogP contribution in [0, 0.1) is 6.92 Å². The first-order chi connectivity index (χ1) is 8.15. The number of halogens is 2. The number of hydrogen-bond acceptors (Lipinski definition) is 3. The van der Waals surface area contributed by atoms with Crippen molar-refractivity contribution in [1.82, 2.24) is 4.90 Å². The van der Waals surface area contributed by atoms with Crippen LogP contribution in [0.4, 0.5) is 0 Å². The molecule has 1 amide bonds. The Labute approximate surface area is 118 Å². The van der Waals surface area contributed by atoms with Crippen LogP contribution in [0.25, 0.3) is 0 Å². The van der Waals surface area contributed by atoms with Gasteiger partial charge in [0.2, 0.25) is 0 Å². The molecule has 1 saturated heterocycles. The van der Waals surface area contributed by atoms with E-state index in [0.717, 1.165) is 10.9 Å². The largest absolute Gasteiger partial charge is 0.377 e. The lowest BCUT2D eigenvalue weighted by molar-refractivity contribution is 0.00553. The van der Waals surface area contributed by atoms with Crippen LogP contribution in [0.1, 0.15) is 15.2 Å². The molecule has 1 aliphatic rings. The molecule has 17 heavy (non-hydrogen) atoms. The third kappa shape index (κ3) is 2.67. The zero-order chi connectivity index (χ0) is 12.4. The van der Waals surface area contributed by atoms with Crippen molar-refractivity contribution in [3.05, 3.63) is 20.8 Å². The molecule has 1 aromatic rings. The number of alkyl halides is 1. The molecule has 0 N–H and O–H groups in total. The summed E-state index contributed by atoms with van der Waals surface area (Å²) in [4.78, 5) is 14.9. The van der Waals surface area contributed by atoms with Crippen molar-refractivity contribution < 1.29 is 9.53 Å². The van der Waals surface area contributed by atoms with Crippen LogP contribution in [0.3, 0.4) is 0 Å². The van der Waals surface area contributed by atoms with E-state index in [1.54, 1.807) is 0 Å². The number of hydrogen-bond donors (Lipinski definition) is 0. The Bertz CT molecular complexity index is 424. The Hall–Kier alpha value is -0.100. The Kier molecular flexibility index (Phi) is 4.47. The third-order valence-electron chi connectivity index (χ3n) is 2.76. The summed E-state index contributed by atoms with van der Waals surface area (Å²) in [6, 6.07) is 0.0923. The molecule has 1 fully saturated rings. The van der Waals surface area contributed by atoms with Gasteiger partial charge in [-0.15, -0.1) is 11.3 Å². The van der Waals surface area contributed by atoms with Gasteiger partial charge >= 0.3 is 0 Å². The highest BCUT2D eigenvalue weighted by atomic mass is 79.9. The van der Waals surface area contributed by atoms with Crippen molar-refractivity contribution in [1.29, 1.82) is 0 Å². The van der Waals surface area contributed by atoms with E-state index in [0.29, 0.717) is 29.7 Å². The van der Waals surface area contributed by atoms with Crippen LogP contribution in [-0.4, -0.2) is 41.9 Å². The van der Waals surface area contributed by atoms with Crippen LogP contribution in [0.15, 0.2) is 5.38 Å². The van der Waals surface area contributed by atoms with Gasteiger partial charge < -0.3 is 9.64 Å². The molecule has 0 bridgehead atoms. The lowest BCUT2D eigenvalue weighted by atomic mass is 10.2. The summed E-state index contributed by atoms with van der Waals surface area (Å²) in [6.07, 6.45) is 0. The number of carbonyl (C=O) groups excluding carboxylic acids is 1. The molecule has 0 aromatic carbocycles. The molecule has 0 aliphatic carbocycles. The maximum atomic E-state index is 12.4. The lowest BCUT2D eigenvalue weighted by Gasteiger charge is -2.34.